The van der Waals surface area contributed by atoms with Crippen molar-refractivity contribution in [1.82, 2.24) is 0 Å². The van der Waals surface area contributed by atoms with Gasteiger partial charge in [0.15, 0.2) is 0 Å². The van der Waals surface area contributed by atoms with Gasteiger partial charge in [0.25, 0.3) is 0 Å². The summed E-state index contributed by atoms with van der Waals surface area (Å²) in [5, 5.41) is 0. The third-order valence-electron chi connectivity index (χ3n) is 2.36. The van der Waals surface area contributed by atoms with Crippen LogP contribution in [-0.4, -0.2) is 0 Å². The molecule has 0 spiro atoms. The van der Waals surface area contributed by atoms with Crippen LogP contribution >= 0.6 is 0 Å². The van der Waals surface area contributed by atoms with Crippen LogP contribution in [0.1, 0.15) is 0 Å². The highest BCUT2D eigenvalue weighted by molar-refractivity contribution is 5.57. The van der Waals surface area contributed by atoms with Gasteiger partial charge in [-0.3, -0.25) is 0 Å². The molecule has 1 aromatic rings. The molecule has 0 saturated carbocycles. The van der Waals surface area contributed by atoms with Gasteiger partial charge in [0.1, 0.15) is 0 Å². The van der Waals surface area contributed by atoms with Crippen molar-refractivity contribution < 1.29 is 0 Å². The molecule has 96 valence electrons. The summed E-state index contributed by atoms with van der Waals surface area (Å²) >= 11 is 0. The fraction of sp³-hybridized carbons (Fsp3) is 0. The number of allylic oxidation sites excluding steroid dienone is 7. The smallest absolute Gasteiger partial charge is 0.0455 e. The molecule has 1 rings (SSSR count). The van der Waals surface area contributed by atoms with Crippen molar-refractivity contribution in [2.75, 3.05) is 4.90 Å². The van der Waals surface area contributed by atoms with Gasteiger partial charge in [-0.1, -0.05) is 68.3 Å². The predicted octanol–water partition coefficient (Wildman–Crippen LogP) is 5.00. The first-order chi connectivity index (χ1) is 9.29. The van der Waals surface area contributed by atoms with Crippen LogP contribution in [0.3, 0.4) is 0 Å². The molecule has 0 saturated heterocycles. The maximum Gasteiger partial charge on any atom is 0.0455 e. The highest BCUT2D eigenvalue weighted by atomic mass is 15.1. The maximum atomic E-state index is 4.06. The lowest BCUT2D eigenvalue weighted by Gasteiger charge is -2.20. The van der Waals surface area contributed by atoms with Crippen molar-refractivity contribution in [3.8, 4) is 0 Å². The molecule has 1 aromatic carbocycles. The molecule has 0 aliphatic heterocycles. The summed E-state index contributed by atoms with van der Waals surface area (Å²) < 4.78 is 0. The largest absolute Gasteiger partial charge is 0.318 e. The molecule has 0 atom stereocenters. The molecule has 19 heavy (non-hydrogen) atoms. The van der Waals surface area contributed by atoms with Crippen LogP contribution in [0.5, 0.6) is 0 Å². The molecule has 0 radical (unpaired) electrons. The number of benzene rings is 1. The minimum Gasteiger partial charge on any atom is -0.318 e. The van der Waals surface area contributed by atoms with Gasteiger partial charge in [0, 0.05) is 17.6 Å². The van der Waals surface area contributed by atoms with E-state index in [0.29, 0.717) is 0 Å². The lowest BCUT2D eigenvalue weighted by Crippen LogP contribution is -2.12. The number of hydrogen-bond acceptors (Lipinski definition) is 1. The van der Waals surface area contributed by atoms with Crippen LogP contribution in [0.4, 0.5) is 5.69 Å². The molecule has 0 amide bonds. The van der Waals surface area contributed by atoms with E-state index >= 15 is 0 Å². The third kappa shape index (κ3) is 5.09. The first kappa shape index (κ1) is 14.5. The van der Waals surface area contributed by atoms with Crippen molar-refractivity contribution >= 4 is 5.69 Å². The molecular weight excluding hydrogens is 230 g/mol. The molecule has 1 heteroatoms. The first-order valence-corrected chi connectivity index (χ1v) is 6.07. The fourth-order valence-electron chi connectivity index (χ4n) is 1.47. The number of rotatable bonds is 7. The summed E-state index contributed by atoms with van der Waals surface area (Å²) in [6.45, 7) is 11.4. The van der Waals surface area contributed by atoms with E-state index in [-0.39, 0.29) is 0 Å². The lowest BCUT2D eigenvalue weighted by atomic mass is 10.2. The Bertz CT molecular complexity index is 504. The molecule has 1 nitrogen and oxygen atoms in total. The van der Waals surface area contributed by atoms with Crippen LogP contribution in [0.25, 0.3) is 0 Å². The van der Waals surface area contributed by atoms with Gasteiger partial charge in [-0.25, -0.2) is 0 Å². The molecule has 0 unspecified atom stereocenters. The zero-order chi connectivity index (χ0) is 13.9. The van der Waals surface area contributed by atoms with Gasteiger partial charge in [-0.05, 0) is 24.3 Å². The Balaban J connectivity index is 2.97. The zero-order valence-corrected chi connectivity index (χ0v) is 11.1. The average molecular weight is 249 g/mol. The molecule has 0 aromatic heterocycles. The van der Waals surface area contributed by atoms with Crippen molar-refractivity contribution in [2.24, 2.45) is 0 Å². The molecule has 0 bridgehead atoms. The van der Waals surface area contributed by atoms with E-state index in [9.17, 15) is 0 Å². The van der Waals surface area contributed by atoms with Gasteiger partial charge in [-0.2, -0.15) is 0 Å². The van der Waals surface area contributed by atoms with E-state index in [2.05, 4.69) is 19.7 Å². The fourth-order valence-corrected chi connectivity index (χ4v) is 1.47. The second kappa shape index (κ2) is 8.54. The van der Waals surface area contributed by atoms with Gasteiger partial charge in [0.05, 0.1) is 0 Å². The van der Waals surface area contributed by atoms with Gasteiger partial charge < -0.3 is 4.90 Å². The van der Waals surface area contributed by atoms with E-state index in [1.807, 2.05) is 71.8 Å². The Hall–Kier alpha value is -2.54. The standard InChI is InChI=1S/C18H19N/c1-4-6-8-12-16-19(17(3)13-7-5-2)18-14-10-9-11-15-18/h4-16H,1-3H2/b8-6-,13-7-,16-12+. The maximum absolute atomic E-state index is 4.06. The summed E-state index contributed by atoms with van der Waals surface area (Å²) in [5.41, 5.74) is 1.93. The molecule has 0 heterocycles. The Morgan fingerprint density at radius 2 is 1.58 bits per heavy atom. The van der Waals surface area contributed by atoms with Crippen molar-refractivity contribution in [1.29, 1.82) is 0 Å². The minimum atomic E-state index is 0.870. The molecule has 0 aliphatic rings. The van der Waals surface area contributed by atoms with Gasteiger partial charge in [-0.15, -0.1) is 0 Å². The zero-order valence-electron chi connectivity index (χ0n) is 11.1. The number of para-hydroxylation sites is 1. The van der Waals surface area contributed by atoms with Crippen LogP contribution in [0.15, 0.2) is 104 Å². The Morgan fingerprint density at radius 1 is 0.895 bits per heavy atom. The monoisotopic (exact) mass is 249 g/mol. The number of anilines is 1. The van der Waals surface area contributed by atoms with E-state index < -0.39 is 0 Å². The Morgan fingerprint density at radius 3 is 2.21 bits per heavy atom. The van der Waals surface area contributed by atoms with Gasteiger partial charge in [0.2, 0.25) is 0 Å². The highest BCUT2D eigenvalue weighted by Gasteiger charge is 2.03. The summed E-state index contributed by atoms with van der Waals surface area (Å²) in [4.78, 5) is 2.01. The Labute approximate surface area is 115 Å². The first-order valence-electron chi connectivity index (χ1n) is 6.07. The summed E-state index contributed by atoms with van der Waals surface area (Å²) in [5.74, 6) is 0. The molecule has 0 aliphatic carbocycles. The summed E-state index contributed by atoms with van der Waals surface area (Å²) in [6, 6.07) is 10.1. The third-order valence-corrected chi connectivity index (χ3v) is 2.36. The quantitative estimate of drug-likeness (QED) is 0.614. The van der Waals surface area contributed by atoms with Crippen LogP contribution in [0.2, 0.25) is 0 Å². The second-order valence-electron chi connectivity index (χ2n) is 3.75. The lowest BCUT2D eigenvalue weighted by molar-refractivity contribution is 1.21. The molecule has 0 fully saturated rings. The van der Waals surface area contributed by atoms with Crippen molar-refractivity contribution in [3.05, 3.63) is 104 Å². The topological polar surface area (TPSA) is 3.24 Å². The average Bonchev–Trinajstić information content (AvgIpc) is 2.46. The minimum absolute atomic E-state index is 0.870. The molecule has 0 N–H and O–H groups in total. The normalized spacial score (nSPS) is 11.2. The highest BCUT2D eigenvalue weighted by Crippen LogP contribution is 2.19. The Kier molecular flexibility index (Phi) is 6.52. The van der Waals surface area contributed by atoms with Crippen LogP contribution in [-0.2, 0) is 0 Å². The van der Waals surface area contributed by atoms with E-state index in [1.165, 1.54) is 0 Å². The SMILES string of the molecule is C=C/C=C\C=C\N(C(=C)/C=C\C=C)c1ccccc1. The summed E-state index contributed by atoms with van der Waals surface area (Å²) in [6.07, 6.45) is 15.0. The van der Waals surface area contributed by atoms with E-state index in [4.69, 9.17) is 0 Å². The number of hydrogen-bond donors (Lipinski definition) is 0. The van der Waals surface area contributed by atoms with Crippen LogP contribution in [0, 0.1) is 0 Å². The van der Waals surface area contributed by atoms with Crippen LogP contribution < -0.4 is 4.90 Å². The van der Waals surface area contributed by atoms with Crippen molar-refractivity contribution in [2.45, 2.75) is 0 Å². The van der Waals surface area contributed by atoms with E-state index in [1.54, 1.807) is 12.2 Å². The second-order valence-corrected chi connectivity index (χ2v) is 3.75. The van der Waals surface area contributed by atoms with Gasteiger partial charge >= 0.3 is 0 Å². The molecular formula is C18H19N. The van der Waals surface area contributed by atoms with E-state index in [0.717, 1.165) is 11.4 Å². The number of nitrogens with zero attached hydrogens (tertiary/aromatic N) is 1. The summed E-state index contributed by atoms with van der Waals surface area (Å²) in [7, 11) is 0. The van der Waals surface area contributed by atoms with Crippen molar-refractivity contribution in [3.63, 3.8) is 0 Å². The predicted molar refractivity (Wildman–Crippen MR) is 85.9 cm³/mol.